The largest absolute Gasteiger partial charge is 0.348 e. The molecule has 4 aliphatic carbocycles. The SMILES string of the molecule is CCCCC/C=C\C/C=C\CCCCCCC(C=C(C)CCC[C@@H](C)[C@H]1CC[C@H]2[C@@H]3CCC4CCCC[C@]4(C)[C@H]3CC[C@]12C)C(=O)OO. The number of hydrogen-bond donors (Lipinski definition) is 1. The van der Waals surface area contributed by atoms with Crippen molar-refractivity contribution in [2.75, 3.05) is 0 Å². The quantitative estimate of drug-likeness (QED) is 0.0610. The molecule has 0 aromatic rings. The molecule has 0 aliphatic heterocycles. The van der Waals surface area contributed by atoms with Gasteiger partial charge in [-0.1, -0.05) is 115 Å². The third-order valence-corrected chi connectivity index (χ3v) is 14.7. The summed E-state index contributed by atoms with van der Waals surface area (Å²) >= 11 is 0. The lowest BCUT2D eigenvalue weighted by molar-refractivity contribution is -0.237. The molecule has 4 aliphatic rings. The predicted molar refractivity (Wildman–Crippen MR) is 204 cm³/mol. The maximum atomic E-state index is 12.4. The molecule has 9 atom stereocenters. The molecule has 4 saturated carbocycles. The van der Waals surface area contributed by atoms with Gasteiger partial charge in [0.25, 0.3) is 0 Å². The van der Waals surface area contributed by atoms with Crippen molar-refractivity contribution in [3.63, 3.8) is 0 Å². The number of hydrogen-bond acceptors (Lipinski definition) is 3. The molecular formula is C45H76O3. The van der Waals surface area contributed by atoms with Gasteiger partial charge in [-0.2, -0.15) is 5.26 Å². The van der Waals surface area contributed by atoms with E-state index < -0.39 is 5.97 Å². The fourth-order valence-electron chi connectivity index (χ4n) is 11.9. The van der Waals surface area contributed by atoms with Crippen LogP contribution in [-0.4, -0.2) is 11.2 Å². The van der Waals surface area contributed by atoms with Gasteiger partial charge in [-0.15, -0.1) is 0 Å². The van der Waals surface area contributed by atoms with Crippen LogP contribution in [0.4, 0.5) is 0 Å². The fraction of sp³-hybridized carbons (Fsp3) is 0.844. The van der Waals surface area contributed by atoms with Crippen molar-refractivity contribution in [2.45, 2.75) is 189 Å². The topological polar surface area (TPSA) is 46.5 Å². The molecule has 0 spiro atoms. The molecule has 3 nitrogen and oxygen atoms in total. The smallest absolute Gasteiger partial charge is 0.300 e. The lowest BCUT2D eigenvalue weighted by Crippen LogP contribution is -2.53. The second kappa shape index (κ2) is 19.9. The van der Waals surface area contributed by atoms with E-state index in [9.17, 15) is 10.1 Å². The number of allylic oxidation sites excluding steroid dienone is 5. The summed E-state index contributed by atoms with van der Waals surface area (Å²) in [5, 5.41) is 9.17. The van der Waals surface area contributed by atoms with E-state index in [0.29, 0.717) is 10.8 Å². The Morgan fingerprint density at radius 2 is 1.52 bits per heavy atom. The minimum atomic E-state index is -0.495. The van der Waals surface area contributed by atoms with Gasteiger partial charge in [0.2, 0.25) is 0 Å². The molecule has 4 rings (SSSR count). The van der Waals surface area contributed by atoms with Crippen LogP contribution in [0, 0.1) is 52.3 Å². The molecule has 2 unspecified atom stereocenters. The Morgan fingerprint density at radius 1 is 0.792 bits per heavy atom. The van der Waals surface area contributed by atoms with E-state index in [1.165, 1.54) is 121 Å². The zero-order valence-corrected chi connectivity index (χ0v) is 32.2. The van der Waals surface area contributed by atoms with E-state index in [4.69, 9.17) is 0 Å². The summed E-state index contributed by atoms with van der Waals surface area (Å²) in [5.41, 5.74) is 2.45. The zero-order chi connectivity index (χ0) is 34.4. The summed E-state index contributed by atoms with van der Waals surface area (Å²) in [7, 11) is 0. The van der Waals surface area contributed by atoms with Crippen LogP contribution in [-0.2, 0) is 9.68 Å². The first-order chi connectivity index (χ1) is 23.2. The molecule has 4 fully saturated rings. The predicted octanol–water partition coefficient (Wildman–Crippen LogP) is 13.8. The van der Waals surface area contributed by atoms with Crippen LogP contribution < -0.4 is 0 Å². The van der Waals surface area contributed by atoms with Crippen LogP contribution in [0.2, 0.25) is 0 Å². The molecule has 0 heterocycles. The zero-order valence-electron chi connectivity index (χ0n) is 32.2. The first kappa shape index (κ1) is 39.4. The molecule has 0 amide bonds. The van der Waals surface area contributed by atoms with Gasteiger partial charge in [0.05, 0.1) is 5.92 Å². The van der Waals surface area contributed by atoms with E-state index in [0.717, 1.165) is 74.0 Å². The maximum absolute atomic E-state index is 12.4. The lowest BCUT2D eigenvalue weighted by atomic mass is 9.44. The number of unbranched alkanes of at least 4 members (excludes halogenated alkanes) is 7. The number of carbonyl (C=O) groups excluding carboxylic acids is 1. The fourth-order valence-corrected chi connectivity index (χ4v) is 11.9. The molecule has 0 radical (unpaired) electrons. The van der Waals surface area contributed by atoms with E-state index >= 15 is 0 Å². The molecule has 0 saturated heterocycles. The number of rotatable bonds is 20. The Labute approximate surface area is 297 Å². The van der Waals surface area contributed by atoms with Crippen molar-refractivity contribution in [3.05, 3.63) is 36.0 Å². The van der Waals surface area contributed by atoms with Gasteiger partial charge in [0, 0.05) is 0 Å². The Bertz CT molecular complexity index is 1040. The third kappa shape index (κ3) is 10.4. The van der Waals surface area contributed by atoms with Gasteiger partial charge in [0.1, 0.15) is 0 Å². The summed E-state index contributed by atoms with van der Waals surface area (Å²) in [6, 6.07) is 0. The Kier molecular flexibility index (Phi) is 16.3. The van der Waals surface area contributed by atoms with Gasteiger partial charge in [-0.05, 0) is 156 Å². The molecule has 0 aromatic carbocycles. The summed E-state index contributed by atoms with van der Waals surface area (Å²) < 4.78 is 0. The van der Waals surface area contributed by atoms with E-state index in [-0.39, 0.29) is 5.92 Å². The van der Waals surface area contributed by atoms with Crippen molar-refractivity contribution in [1.29, 1.82) is 0 Å². The highest BCUT2D eigenvalue weighted by molar-refractivity contribution is 5.73. The van der Waals surface area contributed by atoms with Gasteiger partial charge in [-0.25, -0.2) is 4.79 Å². The Balaban J connectivity index is 1.15. The highest BCUT2D eigenvalue weighted by Crippen LogP contribution is 2.68. The molecular weight excluding hydrogens is 588 g/mol. The minimum Gasteiger partial charge on any atom is -0.300 e. The molecule has 0 bridgehead atoms. The van der Waals surface area contributed by atoms with Crippen molar-refractivity contribution in [3.8, 4) is 0 Å². The average molecular weight is 665 g/mol. The van der Waals surface area contributed by atoms with Crippen molar-refractivity contribution < 1.29 is 14.9 Å². The first-order valence-electron chi connectivity index (χ1n) is 21.1. The lowest BCUT2D eigenvalue weighted by Gasteiger charge is -2.61. The van der Waals surface area contributed by atoms with Crippen LogP contribution in [0.25, 0.3) is 0 Å². The highest BCUT2D eigenvalue weighted by atomic mass is 17.1. The monoisotopic (exact) mass is 665 g/mol. The molecule has 3 heteroatoms. The van der Waals surface area contributed by atoms with Crippen LogP contribution in [0.15, 0.2) is 36.0 Å². The van der Waals surface area contributed by atoms with Gasteiger partial charge in [0.15, 0.2) is 0 Å². The molecule has 48 heavy (non-hydrogen) atoms. The van der Waals surface area contributed by atoms with Crippen molar-refractivity contribution >= 4 is 5.97 Å². The van der Waals surface area contributed by atoms with Crippen LogP contribution in [0.1, 0.15) is 189 Å². The Hall–Kier alpha value is -1.35. The summed E-state index contributed by atoms with van der Waals surface area (Å²) in [6.07, 6.45) is 42.2. The van der Waals surface area contributed by atoms with Crippen molar-refractivity contribution in [2.24, 2.45) is 52.3 Å². The molecule has 1 N–H and O–H groups in total. The Morgan fingerprint density at radius 3 is 2.27 bits per heavy atom. The first-order valence-corrected chi connectivity index (χ1v) is 21.1. The van der Waals surface area contributed by atoms with E-state index in [1.54, 1.807) is 0 Å². The van der Waals surface area contributed by atoms with Gasteiger partial charge >= 0.3 is 5.97 Å². The summed E-state index contributed by atoms with van der Waals surface area (Å²) in [6.45, 7) is 12.4. The van der Waals surface area contributed by atoms with Crippen LogP contribution >= 0.6 is 0 Å². The van der Waals surface area contributed by atoms with Crippen LogP contribution in [0.3, 0.4) is 0 Å². The maximum Gasteiger partial charge on any atom is 0.348 e. The standard InChI is InChI=1S/C45H76O3/c1-6-7-8-9-10-11-12-13-14-15-16-17-18-19-25-37(43(46)48-47)34-35(2)23-22-24-36(3)40-29-30-41-39-28-27-38-26-20-21-32-44(38,4)42(39)31-33-45(40,41)5/h10-11,13-14,34,36-42,47H,6-9,12,15-33H2,1-5H3/b11-10-,14-13-,35-34?/t36-,37?,38?,39+,40-,41+,42+,44+,45-/m1/s1. The minimum absolute atomic E-state index is 0.331. The summed E-state index contributed by atoms with van der Waals surface area (Å²) in [5.74, 6) is 4.77. The van der Waals surface area contributed by atoms with Crippen LogP contribution in [0.5, 0.6) is 0 Å². The van der Waals surface area contributed by atoms with Crippen molar-refractivity contribution in [1.82, 2.24) is 0 Å². The van der Waals surface area contributed by atoms with Gasteiger partial charge in [-0.3, -0.25) is 0 Å². The number of carbonyl (C=O) groups is 1. The second-order valence-electron chi connectivity index (χ2n) is 17.7. The normalized spacial score (nSPS) is 33.4. The number of fused-ring (bicyclic) bond motifs is 5. The summed E-state index contributed by atoms with van der Waals surface area (Å²) in [4.78, 5) is 16.6. The average Bonchev–Trinajstić information content (AvgIpc) is 3.44. The molecule has 0 aromatic heterocycles. The van der Waals surface area contributed by atoms with Gasteiger partial charge < -0.3 is 4.89 Å². The second-order valence-corrected chi connectivity index (χ2v) is 17.7. The third-order valence-electron chi connectivity index (χ3n) is 14.7. The van der Waals surface area contributed by atoms with E-state index in [2.05, 4.69) is 69.9 Å². The molecule has 274 valence electrons. The highest BCUT2D eigenvalue weighted by Gasteiger charge is 2.60. The van der Waals surface area contributed by atoms with E-state index in [1.807, 2.05) is 0 Å².